The number of carbonyl (C=O) groups excluding carboxylic acids is 1. The molecule has 1 aliphatic carbocycles. The third-order valence-corrected chi connectivity index (χ3v) is 5.63. The average Bonchev–Trinajstić information content (AvgIpc) is 3.05. The van der Waals surface area contributed by atoms with Crippen molar-refractivity contribution in [2.75, 3.05) is 26.9 Å². The molecule has 4 heteroatoms. The van der Waals surface area contributed by atoms with Crippen molar-refractivity contribution in [1.29, 1.82) is 0 Å². The molecule has 3 rings (SSSR count). The first-order valence-corrected chi connectivity index (χ1v) is 9.74. The Balaban J connectivity index is 1.69. The van der Waals surface area contributed by atoms with E-state index in [0.717, 1.165) is 32.2 Å². The summed E-state index contributed by atoms with van der Waals surface area (Å²) in [6, 6.07) is 10.6. The maximum atomic E-state index is 13.1. The minimum atomic E-state index is 0.114. The summed E-state index contributed by atoms with van der Waals surface area (Å²) in [5, 5.41) is 0. The van der Waals surface area contributed by atoms with Gasteiger partial charge in [0.1, 0.15) is 0 Å². The van der Waals surface area contributed by atoms with E-state index in [0.29, 0.717) is 19.1 Å². The molecule has 1 aromatic carbocycles. The van der Waals surface area contributed by atoms with E-state index in [1.54, 1.807) is 7.11 Å². The van der Waals surface area contributed by atoms with E-state index >= 15 is 0 Å². The minimum Gasteiger partial charge on any atom is -0.382 e. The Kier molecular flexibility index (Phi) is 6.88. The number of rotatable bonds is 7. The van der Waals surface area contributed by atoms with E-state index in [1.165, 1.54) is 24.8 Å². The van der Waals surface area contributed by atoms with Crippen molar-refractivity contribution in [2.45, 2.75) is 57.1 Å². The number of carbonyl (C=O) groups is 1. The number of amides is 1. The fraction of sp³-hybridized carbons (Fsp3) is 0.667. The van der Waals surface area contributed by atoms with Gasteiger partial charge in [-0.25, -0.2) is 0 Å². The summed E-state index contributed by atoms with van der Waals surface area (Å²) in [5.41, 5.74) is 1.27. The number of likely N-dealkylation sites (tertiary alicyclic amines) is 1. The Labute approximate surface area is 151 Å². The molecule has 0 spiro atoms. The molecular formula is C21H31NO3. The third-order valence-electron chi connectivity index (χ3n) is 5.63. The summed E-state index contributed by atoms with van der Waals surface area (Å²) < 4.78 is 11.2. The maximum Gasteiger partial charge on any atom is 0.226 e. The molecule has 0 aromatic heterocycles. The Morgan fingerprint density at radius 2 is 1.84 bits per heavy atom. The van der Waals surface area contributed by atoms with E-state index < -0.39 is 0 Å². The standard InChI is InChI=1S/C21H31NO3/c1-24-14-15-25-20-12-13-22(21(23)18-10-6-3-7-11-18)19(20)16-17-8-4-2-5-9-17/h2,4-5,8-9,18-20H,3,6-7,10-16H2,1H3/t19-,20+/m0/s1. The molecule has 1 heterocycles. The highest BCUT2D eigenvalue weighted by atomic mass is 16.5. The van der Waals surface area contributed by atoms with E-state index in [2.05, 4.69) is 29.2 Å². The van der Waals surface area contributed by atoms with Crippen LogP contribution < -0.4 is 0 Å². The van der Waals surface area contributed by atoms with Crippen LogP contribution in [0.15, 0.2) is 30.3 Å². The number of benzene rings is 1. The Morgan fingerprint density at radius 1 is 1.08 bits per heavy atom. The van der Waals surface area contributed by atoms with E-state index in [-0.39, 0.29) is 18.1 Å². The zero-order valence-corrected chi connectivity index (χ0v) is 15.4. The second-order valence-electron chi connectivity index (χ2n) is 7.31. The Morgan fingerprint density at radius 3 is 2.56 bits per heavy atom. The zero-order valence-electron chi connectivity index (χ0n) is 15.4. The highest BCUT2D eigenvalue weighted by molar-refractivity contribution is 5.79. The van der Waals surface area contributed by atoms with Gasteiger partial charge in [0.05, 0.1) is 25.4 Å². The minimum absolute atomic E-state index is 0.114. The second kappa shape index (κ2) is 9.35. The molecule has 2 fully saturated rings. The number of ether oxygens (including phenoxy) is 2. The van der Waals surface area contributed by atoms with Gasteiger partial charge in [0.2, 0.25) is 5.91 Å². The number of nitrogens with zero attached hydrogens (tertiary/aromatic N) is 1. The lowest BCUT2D eigenvalue weighted by molar-refractivity contribution is -0.138. The summed E-state index contributed by atoms with van der Waals surface area (Å²) in [6.07, 6.45) is 7.70. The fourth-order valence-corrected chi connectivity index (χ4v) is 4.26. The number of methoxy groups -OCH3 is 1. The van der Waals surface area contributed by atoms with Crippen molar-refractivity contribution in [3.05, 3.63) is 35.9 Å². The molecule has 0 radical (unpaired) electrons. The normalized spacial score (nSPS) is 24.6. The molecule has 2 atom stereocenters. The predicted octanol–water partition coefficient (Wildman–Crippen LogP) is 3.44. The van der Waals surface area contributed by atoms with Crippen LogP contribution in [0.2, 0.25) is 0 Å². The van der Waals surface area contributed by atoms with E-state index in [1.807, 2.05) is 6.07 Å². The van der Waals surface area contributed by atoms with Gasteiger partial charge >= 0.3 is 0 Å². The lowest BCUT2D eigenvalue weighted by Crippen LogP contribution is -2.45. The molecule has 1 saturated carbocycles. The predicted molar refractivity (Wildman–Crippen MR) is 98.5 cm³/mol. The van der Waals surface area contributed by atoms with Crippen LogP contribution in [0.3, 0.4) is 0 Å². The average molecular weight is 345 g/mol. The van der Waals surface area contributed by atoms with E-state index in [9.17, 15) is 4.79 Å². The molecule has 1 amide bonds. The molecule has 1 saturated heterocycles. The van der Waals surface area contributed by atoms with Crippen molar-refractivity contribution in [3.8, 4) is 0 Å². The Bertz CT molecular complexity index is 527. The quantitative estimate of drug-likeness (QED) is 0.711. The molecule has 25 heavy (non-hydrogen) atoms. The first-order chi connectivity index (χ1) is 12.3. The van der Waals surface area contributed by atoms with Gasteiger partial charge in [0.25, 0.3) is 0 Å². The highest BCUT2D eigenvalue weighted by Gasteiger charge is 2.40. The summed E-state index contributed by atoms with van der Waals surface area (Å²) in [4.78, 5) is 15.2. The molecular weight excluding hydrogens is 314 g/mol. The van der Waals surface area contributed by atoms with Gasteiger partial charge in [-0.1, -0.05) is 49.6 Å². The zero-order chi connectivity index (χ0) is 17.5. The van der Waals surface area contributed by atoms with Crippen molar-refractivity contribution in [2.24, 2.45) is 5.92 Å². The van der Waals surface area contributed by atoms with Gasteiger partial charge in [-0.15, -0.1) is 0 Å². The van der Waals surface area contributed by atoms with Gasteiger partial charge in [-0.2, -0.15) is 0 Å². The van der Waals surface area contributed by atoms with Crippen LogP contribution in [0, 0.1) is 5.92 Å². The van der Waals surface area contributed by atoms with Gasteiger partial charge in [0, 0.05) is 19.6 Å². The Hall–Kier alpha value is -1.39. The largest absolute Gasteiger partial charge is 0.382 e. The van der Waals surface area contributed by atoms with Crippen molar-refractivity contribution >= 4 is 5.91 Å². The molecule has 0 bridgehead atoms. The van der Waals surface area contributed by atoms with Gasteiger partial charge in [0.15, 0.2) is 0 Å². The first-order valence-electron chi connectivity index (χ1n) is 9.74. The van der Waals surface area contributed by atoms with Gasteiger partial charge in [-0.3, -0.25) is 4.79 Å². The first kappa shape index (κ1) is 18.4. The van der Waals surface area contributed by atoms with Crippen LogP contribution in [-0.2, 0) is 20.7 Å². The molecule has 1 aliphatic heterocycles. The third kappa shape index (κ3) is 4.83. The molecule has 4 nitrogen and oxygen atoms in total. The van der Waals surface area contributed by atoms with Crippen LogP contribution in [0.4, 0.5) is 0 Å². The molecule has 138 valence electrons. The lowest BCUT2D eigenvalue weighted by atomic mass is 9.88. The van der Waals surface area contributed by atoms with Crippen LogP contribution in [-0.4, -0.2) is 49.8 Å². The molecule has 1 aromatic rings. The summed E-state index contributed by atoms with van der Waals surface area (Å²) in [5.74, 6) is 0.586. The highest BCUT2D eigenvalue weighted by Crippen LogP contribution is 2.31. The van der Waals surface area contributed by atoms with Crippen LogP contribution in [0.1, 0.15) is 44.1 Å². The summed E-state index contributed by atoms with van der Waals surface area (Å²) >= 11 is 0. The fourth-order valence-electron chi connectivity index (χ4n) is 4.26. The molecule has 0 N–H and O–H groups in total. The summed E-state index contributed by atoms with van der Waals surface area (Å²) in [6.45, 7) is 2.02. The molecule has 2 aliphatic rings. The smallest absolute Gasteiger partial charge is 0.226 e. The van der Waals surface area contributed by atoms with Crippen molar-refractivity contribution in [1.82, 2.24) is 4.90 Å². The van der Waals surface area contributed by atoms with Crippen molar-refractivity contribution in [3.63, 3.8) is 0 Å². The van der Waals surface area contributed by atoms with Gasteiger partial charge in [-0.05, 0) is 31.2 Å². The number of hydrogen-bond acceptors (Lipinski definition) is 3. The SMILES string of the molecule is COCCO[C@@H]1CCN(C(=O)C2CCCCC2)[C@H]1Cc1ccccc1. The molecule has 0 unspecified atom stereocenters. The van der Waals surface area contributed by atoms with Crippen LogP contribution >= 0.6 is 0 Å². The number of hydrogen-bond donors (Lipinski definition) is 0. The maximum absolute atomic E-state index is 13.1. The second-order valence-corrected chi connectivity index (χ2v) is 7.31. The monoisotopic (exact) mass is 345 g/mol. The van der Waals surface area contributed by atoms with Crippen LogP contribution in [0.25, 0.3) is 0 Å². The van der Waals surface area contributed by atoms with Crippen LogP contribution in [0.5, 0.6) is 0 Å². The lowest BCUT2D eigenvalue weighted by Gasteiger charge is -2.32. The van der Waals surface area contributed by atoms with Gasteiger partial charge < -0.3 is 14.4 Å². The van der Waals surface area contributed by atoms with E-state index in [4.69, 9.17) is 9.47 Å². The van der Waals surface area contributed by atoms with Crippen molar-refractivity contribution < 1.29 is 14.3 Å². The topological polar surface area (TPSA) is 38.8 Å². The summed E-state index contributed by atoms with van der Waals surface area (Å²) in [7, 11) is 1.69.